The van der Waals surface area contributed by atoms with Crippen LogP contribution in [-0.2, 0) is 15.4 Å². The molecule has 3 N–H and O–H groups in total. The Bertz CT molecular complexity index is 533. The number of alkyl halides is 1. The molecule has 0 aromatic heterocycles. The van der Waals surface area contributed by atoms with Crippen LogP contribution in [0.1, 0.15) is 31.2 Å². The summed E-state index contributed by atoms with van der Waals surface area (Å²) in [6, 6.07) is 6.72. The van der Waals surface area contributed by atoms with E-state index in [1.807, 2.05) is 6.07 Å². The Hall–Kier alpha value is -0.430. The molecule has 2 rings (SSSR count). The molecule has 1 aliphatic rings. The fourth-order valence-corrected chi connectivity index (χ4v) is 4.11. The maximum absolute atomic E-state index is 12.3. The number of hydrogen-bond donors (Lipinski definition) is 2. The van der Waals surface area contributed by atoms with Crippen molar-refractivity contribution < 1.29 is 8.42 Å². The summed E-state index contributed by atoms with van der Waals surface area (Å²) >= 11 is 3.33. The minimum atomic E-state index is -3.48. The van der Waals surface area contributed by atoms with E-state index in [0.29, 0.717) is 10.2 Å². The third-order valence-electron chi connectivity index (χ3n) is 3.49. The molecule has 6 heteroatoms. The van der Waals surface area contributed by atoms with Gasteiger partial charge in [-0.25, -0.2) is 13.1 Å². The van der Waals surface area contributed by atoms with Crippen LogP contribution in [0.3, 0.4) is 0 Å². The van der Waals surface area contributed by atoms with Crippen LogP contribution < -0.4 is 10.5 Å². The summed E-state index contributed by atoms with van der Waals surface area (Å²) in [5.74, 6) is 0. The molecule has 0 radical (unpaired) electrons. The highest BCUT2D eigenvalue weighted by atomic mass is 79.9. The summed E-state index contributed by atoms with van der Waals surface area (Å²) < 4.78 is 27.4. The number of rotatable bonds is 4. The number of benzene rings is 1. The predicted octanol–water partition coefficient (Wildman–Crippen LogP) is 2.13. The fourth-order valence-electron chi connectivity index (χ4n) is 2.37. The SMILES string of the molecule is N[C@H]1CCCC[C@H]1NS(=O)(=O)c1cccc(CBr)c1. The highest BCUT2D eigenvalue weighted by molar-refractivity contribution is 9.08. The van der Waals surface area contributed by atoms with Gasteiger partial charge in [-0.15, -0.1) is 0 Å². The molecule has 0 aliphatic heterocycles. The second kappa shape index (κ2) is 6.35. The molecule has 2 atom stereocenters. The van der Waals surface area contributed by atoms with Crippen molar-refractivity contribution in [3.8, 4) is 0 Å². The Morgan fingerprint density at radius 3 is 2.74 bits per heavy atom. The topological polar surface area (TPSA) is 72.2 Å². The minimum Gasteiger partial charge on any atom is -0.326 e. The van der Waals surface area contributed by atoms with Gasteiger partial charge in [0.25, 0.3) is 0 Å². The van der Waals surface area contributed by atoms with E-state index in [1.54, 1.807) is 18.2 Å². The highest BCUT2D eigenvalue weighted by Crippen LogP contribution is 2.20. The minimum absolute atomic E-state index is 0.0807. The maximum Gasteiger partial charge on any atom is 0.240 e. The number of hydrogen-bond acceptors (Lipinski definition) is 3. The molecule has 1 aromatic carbocycles. The molecule has 1 aromatic rings. The normalized spacial score (nSPS) is 24.3. The number of halogens is 1. The van der Waals surface area contributed by atoms with Gasteiger partial charge < -0.3 is 5.73 Å². The van der Waals surface area contributed by atoms with Crippen LogP contribution >= 0.6 is 15.9 Å². The molecule has 0 bridgehead atoms. The van der Waals surface area contributed by atoms with Gasteiger partial charge in [-0.3, -0.25) is 0 Å². The highest BCUT2D eigenvalue weighted by Gasteiger charge is 2.27. The van der Waals surface area contributed by atoms with Crippen LogP contribution in [0.15, 0.2) is 29.2 Å². The van der Waals surface area contributed by atoms with Crippen LogP contribution in [0.4, 0.5) is 0 Å². The van der Waals surface area contributed by atoms with Crippen LogP contribution in [0.5, 0.6) is 0 Å². The smallest absolute Gasteiger partial charge is 0.240 e. The van der Waals surface area contributed by atoms with Gasteiger partial charge in [-0.1, -0.05) is 40.9 Å². The van der Waals surface area contributed by atoms with Gasteiger partial charge in [0.15, 0.2) is 0 Å². The predicted molar refractivity (Wildman–Crippen MR) is 79.6 cm³/mol. The van der Waals surface area contributed by atoms with Crippen molar-refractivity contribution in [1.82, 2.24) is 4.72 Å². The molecule has 0 spiro atoms. The van der Waals surface area contributed by atoms with E-state index in [1.165, 1.54) is 0 Å². The monoisotopic (exact) mass is 346 g/mol. The first-order chi connectivity index (χ1) is 9.03. The van der Waals surface area contributed by atoms with E-state index in [4.69, 9.17) is 5.73 Å². The second-order valence-corrected chi connectivity index (χ2v) is 7.23. The molecule has 4 nitrogen and oxygen atoms in total. The summed E-state index contributed by atoms with van der Waals surface area (Å²) in [6.07, 6.45) is 3.81. The van der Waals surface area contributed by atoms with E-state index in [9.17, 15) is 8.42 Å². The largest absolute Gasteiger partial charge is 0.326 e. The number of nitrogens with one attached hydrogen (secondary N) is 1. The van der Waals surface area contributed by atoms with Crippen molar-refractivity contribution in [3.05, 3.63) is 29.8 Å². The lowest BCUT2D eigenvalue weighted by molar-refractivity contribution is 0.361. The summed E-state index contributed by atoms with van der Waals surface area (Å²) in [5, 5.41) is 0.638. The first kappa shape index (κ1) is 15.0. The summed E-state index contributed by atoms with van der Waals surface area (Å²) in [5.41, 5.74) is 6.93. The molecule has 1 fully saturated rings. The molecule has 1 saturated carbocycles. The Morgan fingerprint density at radius 2 is 2.05 bits per heavy atom. The zero-order valence-corrected chi connectivity index (χ0v) is 13.1. The van der Waals surface area contributed by atoms with E-state index in [2.05, 4.69) is 20.7 Å². The fraction of sp³-hybridized carbons (Fsp3) is 0.538. The van der Waals surface area contributed by atoms with Crippen LogP contribution in [0, 0.1) is 0 Å². The van der Waals surface area contributed by atoms with Crippen molar-refractivity contribution in [2.45, 2.75) is 48.0 Å². The summed E-state index contributed by atoms with van der Waals surface area (Å²) in [4.78, 5) is 0.308. The van der Waals surface area contributed by atoms with Crippen LogP contribution in [0.2, 0.25) is 0 Å². The van der Waals surface area contributed by atoms with Crippen LogP contribution in [0.25, 0.3) is 0 Å². The third kappa shape index (κ3) is 3.78. The van der Waals surface area contributed by atoms with Crippen molar-refractivity contribution in [2.24, 2.45) is 5.73 Å². The molecule has 0 heterocycles. The Labute approximate surface area is 122 Å². The lowest BCUT2D eigenvalue weighted by Crippen LogP contribution is -2.49. The zero-order chi connectivity index (χ0) is 13.9. The second-order valence-electron chi connectivity index (χ2n) is 4.96. The van der Waals surface area contributed by atoms with E-state index < -0.39 is 10.0 Å². The van der Waals surface area contributed by atoms with Crippen molar-refractivity contribution in [1.29, 1.82) is 0 Å². The van der Waals surface area contributed by atoms with E-state index >= 15 is 0 Å². The van der Waals surface area contributed by atoms with Crippen molar-refractivity contribution >= 4 is 26.0 Å². The molecule has 0 amide bonds. The van der Waals surface area contributed by atoms with Gasteiger partial charge in [0.2, 0.25) is 10.0 Å². The standard InChI is InChI=1S/C13H19BrN2O2S/c14-9-10-4-3-5-11(8-10)19(17,18)16-13-7-2-1-6-12(13)15/h3-5,8,12-13,16H,1-2,6-7,9,15H2/t12-,13+/m0/s1. The molecular weight excluding hydrogens is 328 g/mol. The number of sulfonamides is 1. The zero-order valence-electron chi connectivity index (χ0n) is 10.7. The van der Waals surface area contributed by atoms with E-state index in [-0.39, 0.29) is 12.1 Å². The van der Waals surface area contributed by atoms with Gasteiger partial charge in [-0.2, -0.15) is 0 Å². The Balaban J connectivity index is 2.17. The lowest BCUT2D eigenvalue weighted by atomic mass is 9.92. The first-order valence-corrected chi connectivity index (χ1v) is 9.06. The average molecular weight is 347 g/mol. The summed E-state index contributed by atoms with van der Waals surface area (Å²) in [7, 11) is -3.48. The van der Waals surface area contributed by atoms with E-state index in [0.717, 1.165) is 31.2 Å². The quantitative estimate of drug-likeness (QED) is 0.820. The Kier molecular flexibility index (Phi) is 5.00. The molecule has 1 aliphatic carbocycles. The average Bonchev–Trinajstić information content (AvgIpc) is 2.41. The number of nitrogens with two attached hydrogens (primary N) is 1. The summed E-state index contributed by atoms with van der Waals surface area (Å²) in [6.45, 7) is 0. The van der Waals surface area contributed by atoms with Gasteiger partial charge in [-0.05, 0) is 30.5 Å². The molecule has 0 saturated heterocycles. The van der Waals surface area contributed by atoms with Crippen LogP contribution in [-0.4, -0.2) is 20.5 Å². The molecule has 19 heavy (non-hydrogen) atoms. The van der Waals surface area contributed by atoms with Gasteiger partial charge in [0, 0.05) is 17.4 Å². The lowest BCUT2D eigenvalue weighted by Gasteiger charge is -2.29. The Morgan fingerprint density at radius 1 is 1.32 bits per heavy atom. The first-order valence-electron chi connectivity index (χ1n) is 6.46. The van der Waals surface area contributed by atoms with Crippen molar-refractivity contribution in [2.75, 3.05) is 0 Å². The third-order valence-corrected chi connectivity index (χ3v) is 5.62. The molecule has 106 valence electrons. The van der Waals surface area contributed by atoms with Gasteiger partial charge >= 0.3 is 0 Å². The van der Waals surface area contributed by atoms with Crippen molar-refractivity contribution in [3.63, 3.8) is 0 Å². The molecular formula is C13H19BrN2O2S. The molecule has 0 unspecified atom stereocenters. The van der Waals surface area contributed by atoms with Gasteiger partial charge in [0.1, 0.15) is 0 Å². The maximum atomic E-state index is 12.3. The van der Waals surface area contributed by atoms with Gasteiger partial charge in [0.05, 0.1) is 4.90 Å².